The van der Waals surface area contributed by atoms with Crippen molar-refractivity contribution in [3.05, 3.63) is 11.6 Å². The maximum absolute atomic E-state index is 13.0. The van der Waals surface area contributed by atoms with Crippen LogP contribution in [0.5, 0.6) is 0 Å². The number of unbranched alkanes of at least 4 members (excludes halogenated alkanes) is 36. The van der Waals surface area contributed by atoms with Gasteiger partial charge in [-0.15, -0.1) is 0 Å². The van der Waals surface area contributed by atoms with Gasteiger partial charge in [0, 0.05) is 6.08 Å². The Morgan fingerprint density at radius 3 is 0.860 bits per heavy atom. The van der Waals surface area contributed by atoms with Crippen LogP contribution in [0.1, 0.15) is 278 Å². The lowest BCUT2D eigenvalue weighted by atomic mass is 10.0. The number of ether oxygens (including phenoxy) is 3. The first kappa shape index (κ1) is 55.2. The van der Waals surface area contributed by atoms with E-state index in [9.17, 15) is 14.4 Å². The Balaban J connectivity index is 4.41. The molecular weight excluding hydrogens is 709 g/mol. The molecule has 0 aromatic heterocycles. The monoisotopic (exact) mass is 805 g/mol. The third kappa shape index (κ3) is 43.6. The average Bonchev–Trinajstić information content (AvgIpc) is 3.20. The molecule has 0 spiro atoms. The molecule has 0 aromatic rings. The number of carbonyl (C=O) groups is 3. The van der Waals surface area contributed by atoms with Crippen LogP contribution in [-0.2, 0) is 28.6 Å². The molecule has 6 heteroatoms. The minimum absolute atomic E-state index is 0.0235. The predicted octanol–water partition coefficient (Wildman–Crippen LogP) is 16.2. The fourth-order valence-corrected chi connectivity index (χ4v) is 7.55. The van der Waals surface area contributed by atoms with Crippen LogP contribution >= 0.6 is 0 Å². The van der Waals surface area contributed by atoms with Crippen LogP contribution in [0.4, 0.5) is 0 Å². The summed E-state index contributed by atoms with van der Waals surface area (Å²) in [4.78, 5) is 38.5. The quantitative estimate of drug-likeness (QED) is 0.0264. The normalized spacial score (nSPS) is 11.6. The zero-order valence-corrected chi connectivity index (χ0v) is 38.4. The van der Waals surface area contributed by atoms with E-state index in [1.54, 1.807) is 0 Å². The van der Waals surface area contributed by atoms with E-state index in [0.717, 1.165) is 63.9 Å². The summed E-state index contributed by atoms with van der Waals surface area (Å²) in [7, 11) is 0. The molecule has 0 radical (unpaired) electrons. The van der Waals surface area contributed by atoms with Crippen LogP contribution < -0.4 is 0 Å². The lowest BCUT2D eigenvalue weighted by Crippen LogP contribution is -2.17. The number of rotatable bonds is 46. The fourth-order valence-electron chi connectivity index (χ4n) is 7.55. The van der Waals surface area contributed by atoms with Crippen molar-refractivity contribution in [3.63, 3.8) is 0 Å². The summed E-state index contributed by atoms with van der Waals surface area (Å²) < 4.78 is 16.5. The number of carbonyl (C=O) groups excluding carboxylic acids is 3. The minimum atomic E-state index is -0.621. The molecule has 336 valence electrons. The molecule has 0 saturated heterocycles. The van der Waals surface area contributed by atoms with E-state index < -0.39 is 17.9 Å². The molecule has 6 nitrogen and oxygen atoms in total. The SMILES string of the molecule is CCCCCCCCCCCCCCCOC(=O)/C=C(/CC(=O)OCCCCCCCCCCCCCCC)C(=O)OCCCCCCCCCCCCCCC. The summed E-state index contributed by atoms with van der Waals surface area (Å²) in [5.74, 6) is -1.71. The highest BCUT2D eigenvalue weighted by molar-refractivity contribution is 5.99. The molecule has 0 aromatic carbocycles. The highest BCUT2D eigenvalue weighted by Gasteiger charge is 2.19. The second-order valence-electron chi connectivity index (χ2n) is 17.1. The first-order chi connectivity index (χ1) is 28.0. The van der Waals surface area contributed by atoms with Crippen molar-refractivity contribution in [3.8, 4) is 0 Å². The summed E-state index contributed by atoms with van der Waals surface area (Å²) in [5.41, 5.74) is 0.0235. The first-order valence-corrected chi connectivity index (χ1v) is 25.2. The highest BCUT2D eigenvalue weighted by Crippen LogP contribution is 2.16. The van der Waals surface area contributed by atoms with Crippen LogP contribution in [-0.4, -0.2) is 37.7 Å². The Kier molecular flexibility index (Phi) is 45.3. The van der Waals surface area contributed by atoms with Crippen LogP contribution in [0.3, 0.4) is 0 Å². The molecule has 0 N–H and O–H groups in total. The van der Waals surface area contributed by atoms with Gasteiger partial charge in [0.2, 0.25) is 0 Å². The van der Waals surface area contributed by atoms with Crippen molar-refractivity contribution in [2.75, 3.05) is 19.8 Å². The molecule has 0 atom stereocenters. The van der Waals surface area contributed by atoms with Gasteiger partial charge in [-0.3, -0.25) is 4.79 Å². The van der Waals surface area contributed by atoms with E-state index >= 15 is 0 Å². The second kappa shape index (κ2) is 46.8. The Bertz CT molecular complexity index is 898. The van der Waals surface area contributed by atoms with E-state index in [2.05, 4.69) is 20.8 Å². The van der Waals surface area contributed by atoms with Gasteiger partial charge in [0.1, 0.15) is 0 Å². The summed E-state index contributed by atoms with van der Waals surface area (Å²) in [6.45, 7) is 7.73. The molecule has 0 heterocycles. The van der Waals surface area contributed by atoms with Crippen molar-refractivity contribution in [2.24, 2.45) is 0 Å². The molecule has 0 fully saturated rings. The number of esters is 3. The van der Waals surface area contributed by atoms with Crippen molar-refractivity contribution >= 4 is 17.9 Å². The van der Waals surface area contributed by atoms with Crippen LogP contribution in [0.15, 0.2) is 11.6 Å². The van der Waals surface area contributed by atoms with Crippen LogP contribution in [0.25, 0.3) is 0 Å². The Morgan fingerprint density at radius 2 is 0.561 bits per heavy atom. The molecule has 0 saturated carbocycles. The number of hydrogen-bond acceptors (Lipinski definition) is 6. The van der Waals surface area contributed by atoms with Gasteiger partial charge in [0.15, 0.2) is 0 Å². The molecule has 57 heavy (non-hydrogen) atoms. The largest absolute Gasteiger partial charge is 0.465 e. The topological polar surface area (TPSA) is 78.9 Å². The van der Waals surface area contributed by atoms with Crippen LogP contribution in [0, 0.1) is 0 Å². The Labute approximate surface area is 354 Å². The van der Waals surface area contributed by atoms with Gasteiger partial charge in [-0.05, 0) is 19.3 Å². The molecule has 0 aliphatic carbocycles. The molecule has 0 amide bonds. The summed E-state index contributed by atoms with van der Waals surface area (Å²) in [5, 5.41) is 0. The molecule has 0 unspecified atom stereocenters. The van der Waals surface area contributed by atoms with Gasteiger partial charge in [0.05, 0.1) is 31.8 Å². The summed E-state index contributed by atoms with van der Waals surface area (Å²) >= 11 is 0. The molecule has 0 aliphatic rings. The van der Waals surface area contributed by atoms with Gasteiger partial charge >= 0.3 is 17.9 Å². The molecule has 0 aliphatic heterocycles. The van der Waals surface area contributed by atoms with Crippen molar-refractivity contribution in [2.45, 2.75) is 278 Å². The van der Waals surface area contributed by atoms with Crippen molar-refractivity contribution < 1.29 is 28.6 Å². The van der Waals surface area contributed by atoms with E-state index in [4.69, 9.17) is 14.2 Å². The predicted molar refractivity (Wildman–Crippen MR) is 243 cm³/mol. The first-order valence-electron chi connectivity index (χ1n) is 25.2. The van der Waals surface area contributed by atoms with E-state index in [1.165, 1.54) is 193 Å². The van der Waals surface area contributed by atoms with Gasteiger partial charge in [-0.25, -0.2) is 9.59 Å². The van der Waals surface area contributed by atoms with Gasteiger partial charge in [0.25, 0.3) is 0 Å². The van der Waals surface area contributed by atoms with Gasteiger partial charge < -0.3 is 14.2 Å². The van der Waals surface area contributed by atoms with Crippen molar-refractivity contribution in [1.29, 1.82) is 0 Å². The summed E-state index contributed by atoms with van der Waals surface area (Å²) in [6.07, 6.45) is 49.7. The van der Waals surface area contributed by atoms with Crippen molar-refractivity contribution in [1.82, 2.24) is 0 Å². The third-order valence-corrected chi connectivity index (χ3v) is 11.4. The van der Waals surface area contributed by atoms with Gasteiger partial charge in [-0.2, -0.15) is 0 Å². The van der Waals surface area contributed by atoms with E-state index in [1.807, 2.05) is 0 Å². The summed E-state index contributed by atoms with van der Waals surface area (Å²) in [6, 6.07) is 0. The third-order valence-electron chi connectivity index (χ3n) is 11.4. The highest BCUT2D eigenvalue weighted by atomic mass is 16.5. The fraction of sp³-hybridized carbons (Fsp3) is 0.902. The molecular formula is C51H96O6. The lowest BCUT2D eigenvalue weighted by molar-refractivity contribution is -0.146. The second-order valence-corrected chi connectivity index (χ2v) is 17.1. The van der Waals surface area contributed by atoms with E-state index in [-0.39, 0.29) is 18.6 Å². The Morgan fingerprint density at radius 1 is 0.316 bits per heavy atom. The lowest BCUT2D eigenvalue weighted by Gasteiger charge is -2.10. The average molecular weight is 805 g/mol. The Hall–Kier alpha value is -1.85. The zero-order valence-electron chi connectivity index (χ0n) is 38.4. The number of hydrogen-bond donors (Lipinski definition) is 0. The van der Waals surface area contributed by atoms with E-state index in [0.29, 0.717) is 13.2 Å². The van der Waals surface area contributed by atoms with Crippen LogP contribution in [0.2, 0.25) is 0 Å². The maximum Gasteiger partial charge on any atom is 0.334 e. The smallest absolute Gasteiger partial charge is 0.334 e. The molecule has 0 bridgehead atoms. The minimum Gasteiger partial charge on any atom is -0.465 e. The standard InChI is InChI=1S/C51H96O6/c1-4-7-10-13-16-19-22-25-28-31-34-37-40-43-55-49(52)46-48(51(54)57-45-42-39-36-33-30-27-24-21-18-15-12-9-6-3)47-50(53)56-44-41-38-35-32-29-26-23-20-17-14-11-8-5-2/h46H,4-45,47H2,1-3H3/b48-46-. The maximum atomic E-state index is 13.0. The molecule has 0 rings (SSSR count). The zero-order chi connectivity index (χ0) is 41.5. The van der Waals surface area contributed by atoms with Gasteiger partial charge in [-0.1, -0.05) is 252 Å².